The Morgan fingerprint density at radius 2 is 1.49 bits per heavy atom. The summed E-state index contributed by atoms with van der Waals surface area (Å²) in [4.78, 5) is 0. The lowest BCUT2D eigenvalue weighted by Crippen LogP contribution is -2.44. The van der Waals surface area contributed by atoms with Crippen LogP contribution in [0.4, 0.5) is 0 Å². The molecule has 0 aromatic rings. The maximum Gasteiger partial charge on any atom is 0.0918 e. The van der Waals surface area contributed by atoms with E-state index in [9.17, 15) is 20.4 Å². The average Bonchev–Trinajstić information content (AvgIpc) is 3.15. The number of ether oxygens (including phenoxy) is 1. The number of rotatable bonds is 15. The van der Waals surface area contributed by atoms with Gasteiger partial charge in [0.1, 0.15) is 0 Å². The Kier molecular flexibility index (Phi) is 12.9. The molecular weight excluding hydrogens is 440 g/mol. The van der Waals surface area contributed by atoms with Gasteiger partial charge in [-0.25, -0.2) is 0 Å². The summed E-state index contributed by atoms with van der Waals surface area (Å²) in [6.45, 7) is 15.7. The van der Waals surface area contributed by atoms with E-state index >= 15 is 0 Å². The Balaban J connectivity index is 2.49. The fourth-order valence-corrected chi connectivity index (χ4v) is 4.75. The summed E-state index contributed by atoms with van der Waals surface area (Å²) in [6.07, 6.45) is 11.4. The van der Waals surface area contributed by atoms with Gasteiger partial charge in [0, 0.05) is 0 Å². The molecular formula is C30H54O5. The zero-order valence-electron chi connectivity index (χ0n) is 23.7. The third-order valence-corrected chi connectivity index (χ3v) is 7.58. The van der Waals surface area contributed by atoms with Crippen LogP contribution in [0.5, 0.6) is 0 Å². The SMILES string of the molecule is CC(C)=CCC[C@](C)(O)[C@H]1CC[C@@](C)([C@H](O)CC/C=C(\C)CC[C@@H](O)[C@](C)(O)CCC=C(C)C)O1. The molecule has 0 bridgehead atoms. The van der Waals surface area contributed by atoms with Gasteiger partial charge >= 0.3 is 0 Å². The van der Waals surface area contributed by atoms with Crippen LogP contribution in [0.25, 0.3) is 0 Å². The molecule has 0 aromatic carbocycles. The summed E-state index contributed by atoms with van der Waals surface area (Å²) >= 11 is 0. The highest BCUT2D eigenvalue weighted by Crippen LogP contribution is 2.40. The highest BCUT2D eigenvalue weighted by molar-refractivity contribution is 5.03. The van der Waals surface area contributed by atoms with Crippen molar-refractivity contribution < 1.29 is 25.2 Å². The number of hydrogen-bond donors (Lipinski definition) is 4. The van der Waals surface area contributed by atoms with Crippen molar-refractivity contribution in [2.45, 2.75) is 155 Å². The molecule has 1 rings (SSSR count). The predicted molar refractivity (Wildman–Crippen MR) is 145 cm³/mol. The number of aliphatic hydroxyl groups excluding tert-OH is 2. The monoisotopic (exact) mass is 494 g/mol. The lowest BCUT2D eigenvalue weighted by molar-refractivity contribution is -0.160. The minimum absolute atomic E-state index is 0.268. The van der Waals surface area contributed by atoms with Gasteiger partial charge in [-0.2, -0.15) is 0 Å². The molecule has 0 aliphatic carbocycles. The summed E-state index contributed by atoms with van der Waals surface area (Å²) in [6, 6.07) is 0. The standard InChI is InChI=1S/C30H54O5/c1-22(2)12-10-19-28(6,33)25(31)17-16-24(5)14-9-15-26(32)30(8)21-18-27(35-30)29(7,34)20-11-13-23(3)4/h12-14,25-27,31-34H,9-11,15-21H2,1-8H3/b24-14+/t25-,26-,27-,28-,29+,30+/m1/s1. The second-order valence-electron chi connectivity index (χ2n) is 12.0. The van der Waals surface area contributed by atoms with Crippen molar-refractivity contribution >= 4 is 0 Å². The summed E-state index contributed by atoms with van der Waals surface area (Å²) in [5.41, 5.74) is 0.958. The van der Waals surface area contributed by atoms with Gasteiger partial charge in [0.05, 0.1) is 35.1 Å². The number of allylic oxidation sites excluding steroid dienone is 6. The third kappa shape index (κ3) is 11.3. The van der Waals surface area contributed by atoms with Crippen LogP contribution in [0.15, 0.2) is 34.9 Å². The summed E-state index contributed by atoms with van der Waals surface area (Å²) in [5.74, 6) is 0. The third-order valence-electron chi connectivity index (χ3n) is 7.58. The Labute approximate surface area is 215 Å². The highest BCUT2D eigenvalue weighted by atomic mass is 16.5. The molecule has 1 saturated heterocycles. The molecule has 1 heterocycles. The molecule has 1 aliphatic rings. The predicted octanol–water partition coefficient (Wildman–Crippen LogP) is 6.15. The molecule has 0 saturated carbocycles. The first kappa shape index (κ1) is 32.0. The van der Waals surface area contributed by atoms with Crippen molar-refractivity contribution in [1.82, 2.24) is 0 Å². The molecule has 35 heavy (non-hydrogen) atoms. The van der Waals surface area contributed by atoms with Gasteiger partial charge in [0.15, 0.2) is 0 Å². The Hall–Kier alpha value is -0.980. The van der Waals surface area contributed by atoms with Gasteiger partial charge in [0.25, 0.3) is 0 Å². The van der Waals surface area contributed by atoms with Crippen LogP contribution in [-0.2, 0) is 4.74 Å². The van der Waals surface area contributed by atoms with E-state index in [0.717, 1.165) is 37.7 Å². The molecule has 0 aromatic heterocycles. The maximum atomic E-state index is 10.9. The quantitative estimate of drug-likeness (QED) is 0.205. The number of aliphatic hydroxyl groups is 4. The second-order valence-corrected chi connectivity index (χ2v) is 12.0. The first-order valence-corrected chi connectivity index (χ1v) is 13.5. The van der Waals surface area contributed by atoms with Gasteiger partial charge < -0.3 is 25.2 Å². The summed E-state index contributed by atoms with van der Waals surface area (Å²) < 4.78 is 6.25. The molecule has 0 radical (unpaired) electrons. The number of hydrogen-bond acceptors (Lipinski definition) is 5. The summed E-state index contributed by atoms with van der Waals surface area (Å²) in [7, 11) is 0. The van der Waals surface area contributed by atoms with Crippen molar-refractivity contribution in [2.24, 2.45) is 0 Å². The van der Waals surface area contributed by atoms with Gasteiger partial charge in [-0.15, -0.1) is 0 Å². The molecule has 5 heteroatoms. The zero-order chi connectivity index (χ0) is 26.9. The van der Waals surface area contributed by atoms with Gasteiger partial charge in [0.2, 0.25) is 0 Å². The fourth-order valence-electron chi connectivity index (χ4n) is 4.75. The van der Waals surface area contributed by atoms with Crippen LogP contribution in [0.1, 0.15) is 120 Å². The van der Waals surface area contributed by atoms with Crippen LogP contribution in [0.3, 0.4) is 0 Å². The molecule has 204 valence electrons. The Morgan fingerprint density at radius 1 is 0.914 bits per heavy atom. The Bertz CT molecular complexity index is 725. The largest absolute Gasteiger partial charge is 0.390 e. The van der Waals surface area contributed by atoms with E-state index in [1.54, 1.807) is 6.92 Å². The van der Waals surface area contributed by atoms with Crippen LogP contribution < -0.4 is 0 Å². The van der Waals surface area contributed by atoms with Gasteiger partial charge in [-0.3, -0.25) is 0 Å². The maximum absolute atomic E-state index is 10.9. The highest BCUT2D eigenvalue weighted by Gasteiger charge is 2.47. The second kappa shape index (κ2) is 14.1. The van der Waals surface area contributed by atoms with E-state index in [2.05, 4.69) is 32.1 Å². The molecule has 0 amide bonds. The minimum atomic E-state index is -1.10. The molecule has 1 fully saturated rings. The smallest absolute Gasteiger partial charge is 0.0918 e. The van der Waals surface area contributed by atoms with Crippen LogP contribution in [0, 0.1) is 0 Å². The van der Waals surface area contributed by atoms with E-state index in [4.69, 9.17) is 4.74 Å². The molecule has 1 aliphatic heterocycles. The van der Waals surface area contributed by atoms with E-state index in [1.165, 1.54) is 11.1 Å². The molecule has 5 nitrogen and oxygen atoms in total. The first-order chi connectivity index (χ1) is 16.1. The molecule has 0 spiro atoms. The minimum Gasteiger partial charge on any atom is -0.390 e. The fraction of sp³-hybridized carbons (Fsp3) is 0.800. The van der Waals surface area contributed by atoms with Crippen molar-refractivity contribution in [1.29, 1.82) is 0 Å². The average molecular weight is 495 g/mol. The van der Waals surface area contributed by atoms with E-state index in [-0.39, 0.29) is 6.10 Å². The van der Waals surface area contributed by atoms with Crippen LogP contribution in [-0.4, -0.2) is 55.5 Å². The zero-order valence-corrected chi connectivity index (χ0v) is 23.7. The van der Waals surface area contributed by atoms with E-state index < -0.39 is 29.0 Å². The van der Waals surface area contributed by atoms with Gasteiger partial charge in [-0.1, -0.05) is 34.9 Å². The molecule has 4 N–H and O–H groups in total. The van der Waals surface area contributed by atoms with Crippen molar-refractivity contribution in [3.05, 3.63) is 34.9 Å². The lowest BCUT2D eigenvalue weighted by Gasteiger charge is -2.35. The van der Waals surface area contributed by atoms with Crippen LogP contribution in [0.2, 0.25) is 0 Å². The topological polar surface area (TPSA) is 90.2 Å². The van der Waals surface area contributed by atoms with Crippen molar-refractivity contribution in [3.63, 3.8) is 0 Å². The van der Waals surface area contributed by atoms with Crippen molar-refractivity contribution in [2.75, 3.05) is 0 Å². The van der Waals surface area contributed by atoms with Crippen molar-refractivity contribution in [3.8, 4) is 0 Å². The summed E-state index contributed by atoms with van der Waals surface area (Å²) in [5, 5.41) is 42.9. The molecule has 0 unspecified atom stereocenters. The molecule has 6 atom stereocenters. The Morgan fingerprint density at radius 3 is 2.06 bits per heavy atom. The lowest BCUT2D eigenvalue weighted by atomic mass is 9.88. The van der Waals surface area contributed by atoms with E-state index in [0.29, 0.717) is 32.1 Å². The van der Waals surface area contributed by atoms with E-state index in [1.807, 2.05) is 34.6 Å². The normalized spacial score (nSPS) is 25.9. The van der Waals surface area contributed by atoms with Gasteiger partial charge in [-0.05, 0) is 120 Å². The van der Waals surface area contributed by atoms with Crippen LogP contribution >= 0.6 is 0 Å². The first-order valence-electron chi connectivity index (χ1n) is 13.5.